The van der Waals surface area contributed by atoms with Crippen LogP contribution in [0.15, 0.2) is 24.3 Å². The van der Waals surface area contributed by atoms with Gasteiger partial charge in [0.15, 0.2) is 0 Å². The largest absolute Gasteiger partial charge is 0.383 e. The second kappa shape index (κ2) is 10.0. The van der Waals surface area contributed by atoms with Crippen LogP contribution in [0.3, 0.4) is 0 Å². The van der Waals surface area contributed by atoms with Crippen molar-refractivity contribution in [1.82, 2.24) is 5.32 Å². The average molecular weight is 307 g/mol. The molecule has 0 bridgehead atoms. The molecular weight excluding hydrogens is 287 g/mol. The van der Waals surface area contributed by atoms with Gasteiger partial charge in [-0.15, -0.1) is 12.4 Å². The van der Waals surface area contributed by atoms with Crippen molar-refractivity contribution in [3.63, 3.8) is 0 Å². The van der Waals surface area contributed by atoms with Crippen molar-refractivity contribution >= 4 is 35.6 Å². The number of nitrogens with zero attached hydrogens (tertiary/aromatic N) is 1. The van der Waals surface area contributed by atoms with Gasteiger partial charge < -0.3 is 15.0 Å². The summed E-state index contributed by atoms with van der Waals surface area (Å²) in [5.74, 6) is 0.0240. The Balaban J connectivity index is 0.00000324. The van der Waals surface area contributed by atoms with E-state index in [0.29, 0.717) is 31.3 Å². The number of amides is 1. The predicted octanol–water partition coefficient (Wildman–Crippen LogP) is 2.35. The third-order valence-corrected chi connectivity index (χ3v) is 2.73. The molecule has 0 spiro atoms. The minimum absolute atomic E-state index is 0. The molecule has 0 saturated carbocycles. The summed E-state index contributed by atoms with van der Waals surface area (Å²) in [5, 5.41) is 3.67. The van der Waals surface area contributed by atoms with E-state index in [9.17, 15) is 4.79 Å². The van der Waals surface area contributed by atoms with E-state index in [4.69, 9.17) is 16.3 Å². The van der Waals surface area contributed by atoms with Crippen molar-refractivity contribution in [3.8, 4) is 0 Å². The minimum Gasteiger partial charge on any atom is -0.383 e. The Morgan fingerprint density at radius 2 is 2.21 bits per heavy atom. The zero-order chi connectivity index (χ0) is 13.4. The highest BCUT2D eigenvalue weighted by Crippen LogP contribution is 2.19. The molecule has 1 aromatic carbocycles. The summed E-state index contributed by atoms with van der Waals surface area (Å²) in [6.07, 6.45) is 0. The Morgan fingerprint density at radius 3 is 2.79 bits per heavy atom. The van der Waals surface area contributed by atoms with Crippen LogP contribution in [0.25, 0.3) is 0 Å². The normalized spacial score (nSPS) is 9.84. The van der Waals surface area contributed by atoms with Crippen LogP contribution in [-0.4, -0.2) is 39.3 Å². The second-order valence-corrected chi connectivity index (χ2v) is 4.22. The Bertz CT molecular complexity index is 389. The molecule has 1 aromatic rings. The summed E-state index contributed by atoms with van der Waals surface area (Å²) < 4.78 is 4.91. The molecule has 0 atom stereocenters. The number of carbonyl (C=O) groups excluding carboxylic acids is 1. The smallest absolute Gasteiger partial charge is 0.240 e. The van der Waals surface area contributed by atoms with Crippen LogP contribution in [0.1, 0.15) is 6.92 Å². The zero-order valence-electron chi connectivity index (χ0n) is 11.2. The molecule has 108 valence electrons. The number of ether oxygens (including phenoxy) is 1. The van der Waals surface area contributed by atoms with Gasteiger partial charge >= 0.3 is 0 Å². The van der Waals surface area contributed by atoms with Crippen molar-refractivity contribution in [2.45, 2.75) is 6.92 Å². The molecule has 1 amide bonds. The van der Waals surface area contributed by atoms with Crippen molar-refractivity contribution < 1.29 is 9.53 Å². The molecule has 1 N–H and O–H groups in total. The van der Waals surface area contributed by atoms with Gasteiger partial charge in [0.1, 0.15) is 0 Å². The second-order valence-electron chi connectivity index (χ2n) is 3.79. The van der Waals surface area contributed by atoms with E-state index in [-0.39, 0.29) is 18.3 Å². The highest BCUT2D eigenvalue weighted by atomic mass is 35.5. The van der Waals surface area contributed by atoms with Gasteiger partial charge in [-0.25, -0.2) is 0 Å². The maximum absolute atomic E-state index is 12.0. The first-order chi connectivity index (χ1) is 8.69. The maximum Gasteiger partial charge on any atom is 0.240 e. The van der Waals surface area contributed by atoms with E-state index >= 15 is 0 Å². The fourth-order valence-corrected chi connectivity index (χ4v) is 1.80. The molecule has 4 nitrogen and oxygen atoms in total. The number of halogens is 2. The van der Waals surface area contributed by atoms with Gasteiger partial charge in [0, 0.05) is 30.9 Å². The lowest BCUT2D eigenvalue weighted by atomic mass is 10.3. The van der Waals surface area contributed by atoms with E-state index < -0.39 is 0 Å². The third-order valence-electron chi connectivity index (χ3n) is 2.50. The first-order valence-electron chi connectivity index (χ1n) is 5.94. The maximum atomic E-state index is 12.0. The number of carbonyl (C=O) groups is 1. The van der Waals surface area contributed by atoms with E-state index in [2.05, 4.69) is 5.32 Å². The Hall–Kier alpha value is -0.810. The number of rotatable bonds is 7. The molecule has 19 heavy (non-hydrogen) atoms. The molecule has 0 saturated heterocycles. The first-order valence-corrected chi connectivity index (χ1v) is 6.32. The van der Waals surface area contributed by atoms with Crippen molar-refractivity contribution in [2.75, 3.05) is 38.3 Å². The van der Waals surface area contributed by atoms with Crippen LogP contribution in [0, 0.1) is 0 Å². The monoisotopic (exact) mass is 306 g/mol. The lowest BCUT2D eigenvalue weighted by Crippen LogP contribution is -2.39. The van der Waals surface area contributed by atoms with Crippen molar-refractivity contribution in [3.05, 3.63) is 29.3 Å². The van der Waals surface area contributed by atoms with Gasteiger partial charge in [0.2, 0.25) is 5.91 Å². The summed E-state index contributed by atoms with van der Waals surface area (Å²) in [6.45, 7) is 4.11. The number of anilines is 1. The van der Waals surface area contributed by atoms with Crippen LogP contribution in [0.2, 0.25) is 5.02 Å². The summed E-state index contributed by atoms with van der Waals surface area (Å²) in [4.78, 5) is 13.7. The Morgan fingerprint density at radius 1 is 1.47 bits per heavy atom. The van der Waals surface area contributed by atoms with Crippen LogP contribution >= 0.6 is 24.0 Å². The topological polar surface area (TPSA) is 41.6 Å². The number of likely N-dealkylation sites (N-methyl/N-ethyl adjacent to an activating group) is 1. The number of nitrogens with one attached hydrogen (secondary N) is 1. The number of hydrogen-bond acceptors (Lipinski definition) is 3. The van der Waals surface area contributed by atoms with E-state index in [0.717, 1.165) is 5.69 Å². The van der Waals surface area contributed by atoms with E-state index in [1.54, 1.807) is 24.1 Å². The van der Waals surface area contributed by atoms with Gasteiger partial charge in [0.05, 0.1) is 13.2 Å². The highest BCUT2D eigenvalue weighted by molar-refractivity contribution is 6.30. The number of methoxy groups -OCH3 is 1. The molecule has 6 heteroatoms. The van der Waals surface area contributed by atoms with E-state index in [1.807, 2.05) is 19.1 Å². The molecule has 0 unspecified atom stereocenters. The third kappa shape index (κ3) is 6.25. The molecule has 0 fully saturated rings. The molecule has 0 aliphatic heterocycles. The quantitative estimate of drug-likeness (QED) is 0.786. The minimum atomic E-state index is 0. The van der Waals surface area contributed by atoms with E-state index in [1.165, 1.54) is 0 Å². The molecule has 0 aliphatic carbocycles. The summed E-state index contributed by atoms with van der Waals surface area (Å²) in [6, 6.07) is 7.30. The molecule has 0 aliphatic rings. The van der Waals surface area contributed by atoms with Crippen molar-refractivity contribution in [1.29, 1.82) is 0 Å². The molecule has 0 heterocycles. The lowest BCUT2D eigenvalue weighted by molar-refractivity contribution is -0.117. The number of benzene rings is 1. The van der Waals surface area contributed by atoms with Crippen molar-refractivity contribution in [2.24, 2.45) is 0 Å². The number of hydrogen-bond donors (Lipinski definition) is 1. The average Bonchev–Trinajstić information content (AvgIpc) is 2.36. The Kier molecular flexibility index (Phi) is 9.61. The van der Waals surface area contributed by atoms with Crippen LogP contribution in [0.5, 0.6) is 0 Å². The first kappa shape index (κ1) is 18.2. The molecule has 0 radical (unpaired) electrons. The standard InChI is InChI=1S/C13H19ClN2O2.ClH/c1-3-16(12-6-4-5-11(14)9-12)13(17)10-15-7-8-18-2;/h4-6,9,15H,3,7-8,10H2,1-2H3;1H. The van der Waals surface area contributed by atoms with Crippen LogP contribution in [0.4, 0.5) is 5.69 Å². The summed E-state index contributed by atoms with van der Waals surface area (Å²) >= 11 is 5.93. The lowest BCUT2D eigenvalue weighted by Gasteiger charge is -2.21. The SMILES string of the molecule is CCN(C(=O)CNCCOC)c1cccc(Cl)c1.Cl. The Labute approximate surface area is 125 Å². The fourth-order valence-electron chi connectivity index (χ4n) is 1.61. The van der Waals surface area contributed by atoms with Gasteiger partial charge in [0.25, 0.3) is 0 Å². The van der Waals surface area contributed by atoms with Gasteiger partial charge in [-0.2, -0.15) is 0 Å². The summed E-state index contributed by atoms with van der Waals surface area (Å²) in [7, 11) is 1.63. The highest BCUT2D eigenvalue weighted by Gasteiger charge is 2.13. The van der Waals surface area contributed by atoms with Crippen LogP contribution in [-0.2, 0) is 9.53 Å². The fraction of sp³-hybridized carbons (Fsp3) is 0.462. The van der Waals surface area contributed by atoms with Gasteiger partial charge in [-0.3, -0.25) is 4.79 Å². The van der Waals surface area contributed by atoms with Crippen LogP contribution < -0.4 is 10.2 Å². The van der Waals surface area contributed by atoms with Gasteiger partial charge in [-0.1, -0.05) is 17.7 Å². The zero-order valence-corrected chi connectivity index (χ0v) is 12.8. The molecule has 1 rings (SSSR count). The molecular formula is C13H20Cl2N2O2. The molecule has 0 aromatic heterocycles. The van der Waals surface area contributed by atoms with Gasteiger partial charge in [-0.05, 0) is 25.1 Å². The predicted molar refractivity (Wildman–Crippen MR) is 81.5 cm³/mol. The summed E-state index contributed by atoms with van der Waals surface area (Å²) in [5.41, 5.74) is 0.823.